The van der Waals surface area contributed by atoms with Crippen LogP contribution >= 0.6 is 0 Å². The van der Waals surface area contributed by atoms with Crippen LogP contribution in [0.4, 0.5) is 20.8 Å². The van der Waals surface area contributed by atoms with Crippen molar-refractivity contribution >= 4 is 49.8 Å². The molecule has 0 saturated carbocycles. The second kappa shape index (κ2) is 7.11. The summed E-state index contributed by atoms with van der Waals surface area (Å²) in [5, 5.41) is 23.7. The van der Waals surface area contributed by atoms with Crippen LogP contribution in [0.25, 0.3) is 9.14 Å². The topological polar surface area (TPSA) is 75.6 Å². The fourth-order valence-corrected chi connectivity index (χ4v) is 5.62. The quantitative estimate of drug-likeness (QED) is 0.459. The van der Waals surface area contributed by atoms with Gasteiger partial charge in [0.2, 0.25) is 0 Å². The van der Waals surface area contributed by atoms with Crippen LogP contribution in [0.3, 0.4) is 0 Å². The van der Waals surface area contributed by atoms with Crippen LogP contribution < -0.4 is 10.6 Å². The van der Waals surface area contributed by atoms with Gasteiger partial charge in [-0.05, 0) is 0 Å². The van der Waals surface area contributed by atoms with E-state index in [1.807, 2.05) is 60.7 Å². The van der Waals surface area contributed by atoms with Crippen LogP contribution in [0.1, 0.15) is 0 Å². The molecule has 0 aliphatic rings. The summed E-state index contributed by atoms with van der Waals surface area (Å²) in [5.41, 5.74) is 2.05. The third kappa shape index (κ3) is 3.63. The Hall–Kier alpha value is -2.24. The zero-order valence-electron chi connectivity index (χ0n) is 12.4. The standard InChI is InChI=1S/C16H12N6Se2/c1-3-7-11(8-4-1)17-15-21-19-13(23-15)14-20-22-16(24-14)18-12-9-5-2-6-10-12/h1-10H,(H,17,21)(H,18,22). The fourth-order valence-electron chi connectivity index (χ4n) is 2.01. The number of hydrogen-bond donors (Lipinski definition) is 2. The number of rotatable bonds is 5. The molecule has 0 aliphatic heterocycles. The normalized spacial score (nSPS) is 10.5. The van der Waals surface area contributed by atoms with Gasteiger partial charge in [-0.15, -0.1) is 0 Å². The average molecular weight is 446 g/mol. The molecule has 0 fully saturated rings. The first-order valence-electron chi connectivity index (χ1n) is 7.18. The van der Waals surface area contributed by atoms with Crippen molar-refractivity contribution in [3.63, 3.8) is 0 Å². The van der Waals surface area contributed by atoms with E-state index in [9.17, 15) is 0 Å². The molecule has 4 rings (SSSR count). The second-order valence-electron chi connectivity index (χ2n) is 4.81. The van der Waals surface area contributed by atoms with E-state index in [0.717, 1.165) is 29.9 Å². The minimum absolute atomic E-state index is 0.0359. The number of benzene rings is 2. The van der Waals surface area contributed by atoms with Crippen LogP contribution in [0.15, 0.2) is 60.7 Å². The van der Waals surface area contributed by atoms with E-state index < -0.39 is 0 Å². The SMILES string of the molecule is c1ccc(Nc2nnc(-c3nnc(Nc4ccccc4)[se]3)[se]2)cc1. The molecule has 6 nitrogen and oxygen atoms in total. The van der Waals surface area contributed by atoms with Crippen molar-refractivity contribution in [2.75, 3.05) is 10.6 Å². The number of hydrogen-bond acceptors (Lipinski definition) is 6. The molecule has 2 heterocycles. The van der Waals surface area contributed by atoms with Gasteiger partial charge in [0.1, 0.15) is 0 Å². The molecule has 0 bridgehead atoms. The monoisotopic (exact) mass is 448 g/mol. The van der Waals surface area contributed by atoms with Crippen molar-refractivity contribution in [1.29, 1.82) is 0 Å². The molecule has 0 aliphatic carbocycles. The first kappa shape index (κ1) is 15.3. The zero-order valence-corrected chi connectivity index (χ0v) is 15.8. The van der Waals surface area contributed by atoms with Crippen molar-refractivity contribution in [2.45, 2.75) is 0 Å². The molecular formula is C16H12N6Se2. The van der Waals surface area contributed by atoms with E-state index in [0.29, 0.717) is 0 Å². The zero-order chi connectivity index (χ0) is 16.2. The van der Waals surface area contributed by atoms with E-state index in [1.54, 1.807) is 0 Å². The molecule has 0 saturated heterocycles. The molecule has 24 heavy (non-hydrogen) atoms. The summed E-state index contributed by atoms with van der Waals surface area (Å²) in [6.07, 6.45) is 0. The average Bonchev–Trinajstić information content (AvgIpc) is 3.26. The number of para-hydroxylation sites is 2. The van der Waals surface area contributed by atoms with Crippen LogP contribution in [0.2, 0.25) is 0 Å². The third-order valence-electron chi connectivity index (χ3n) is 3.08. The van der Waals surface area contributed by atoms with E-state index in [2.05, 4.69) is 31.0 Å². The van der Waals surface area contributed by atoms with Crippen LogP contribution in [0.5, 0.6) is 0 Å². The van der Waals surface area contributed by atoms with Gasteiger partial charge in [0, 0.05) is 0 Å². The molecule has 118 valence electrons. The van der Waals surface area contributed by atoms with Gasteiger partial charge in [-0.25, -0.2) is 0 Å². The van der Waals surface area contributed by atoms with Gasteiger partial charge in [0.25, 0.3) is 0 Å². The van der Waals surface area contributed by atoms with Gasteiger partial charge in [0.15, 0.2) is 0 Å². The Labute approximate surface area is 150 Å². The Morgan fingerprint density at radius 2 is 0.958 bits per heavy atom. The summed E-state index contributed by atoms with van der Waals surface area (Å²) in [7, 11) is 0. The molecule has 2 N–H and O–H groups in total. The molecule has 0 amide bonds. The minimum atomic E-state index is 0.0359. The number of anilines is 4. The summed E-state index contributed by atoms with van der Waals surface area (Å²) in [6, 6.07) is 20.0. The van der Waals surface area contributed by atoms with Gasteiger partial charge in [-0.2, -0.15) is 0 Å². The number of nitrogens with one attached hydrogen (secondary N) is 2. The number of aromatic nitrogens is 4. The Balaban J connectivity index is 1.49. The van der Waals surface area contributed by atoms with E-state index >= 15 is 0 Å². The van der Waals surface area contributed by atoms with Crippen molar-refractivity contribution < 1.29 is 0 Å². The Morgan fingerprint density at radius 1 is 0.542 bits per heavy atom. The molecule has 0 unspecified atom stereocenters. The maximum atomic E-state index is 4.29. The summed E-state index contributed by atoms with van der Waals surface area (Å²) >= 11 is 0.0717. The van der Waals surface area contributed by atoms with E-state index in [-0.39, 0.29) is 29.0 Å². The first-order valence-corrected chi connectivity index (χ1v) is 10.6. The molecule has 2 aromatic heterocycles. The van der Waals surface area contributed by atoms with Crippen molar-refractivity contribution in [1.82, 2.24) is 20.4 Å². The summed E-state index contributed by atoms with van der Waals surface area (Å²) < 4.78 is 3.70. The van der Waals surface area contributed by atoms with Crippen molar-refractivity contribution in [2.24, 2.45) is 0 Å². The summed E-state index contributed by atoms with van der Waals surface area (Å²) in [5.74, 6) is 0. The van der Waals surface area contributed by atoms with Crippen LogP contribution in [-0.4, -0.2) is 49.4 Å². The third-order valence-corrected chi connectivity index (χ3v) is 7.29. The van der Waals surface area contributed by atoms with Gasteiger partial charge < -0.3 is 0 Å². The van der Waals surface area contributed by atoms with Crippen molar-refractivity contribution in [3.8, 4) is 9.14 Å². The molecule has 0 spiro atoms. The maximum absolute atomic E-state index is 4.29. The summed E-state index contributed by atoms with van der Waals surface area (Å²) in [6.45, 7) is 0. The van der Waals surface area contributed by atoms with Gasteiger partial charge in [0.05, 0.1) is 0 Å². The van der Waals surface area contributed by atoms with Gasteiger partial charge >= 0.3 is 151 Å². The van der Waals surface area contributed by atoms with Crippen LogP contribution in [-0.2, 0) is 0 Å². The Kier molecular flexibility index (Phi) is 4.53. The Bertz CT molecular complexity index is 842. The summed E-state index contributed by atoms with van der Waals surface area (Å²) in [4.78, 5) is 0. The molecule has 0 radical (unpaired) electrons. The molecular weight excluding hydrogens is 434 g/mol. The van der Waals surface area contributed by atoms with Crippen LogP contribution in [0, 0.1) is 0 Å². The Morgan fingerprint density at radius 3 is 1.38 bits per heavy atom. The van der Waals surface area contributed by atoms with E-state index in [1.165, 1.54) is 0 Å². The predicted octanol–water partition coefficient (Wildman–Crippen LogP) is 2.53. The van der Waals surface area contributed by atoms with E-state index in [4.69, 9.17) is 0 Å². The molecule has 0 atom stereocenters. The second-order valence-corrected chi connectivity index (χ2v) is 8.91. The molecule has 4 aromatic rings. The van der Waals surface area contributed by atoms with Gasteiger partial charge in [-0.1, -0.05) is 0 Å². The number of nitrogens with zero attached hydrogens (tertiary/aromatic N) is 4. The van der Waals surface area contributed by atoms with Gasteiger partial charge in [-0.3, -0.25) is 0 Å². The van der Waals surface area contributed by atoms with Crippen molar-refractivity contribution in [3.05, 3.63) is 60.7 Å². The molecule has 2 aromatic carbocycles. The first-order chi connectivity index (χ1) is 11.9. The predicted molar refractivity (Wildman–Crippen MR) is 96.4 cm³/mol. The molecule has 8 heteroatoms. The fraction of sp³-hybridized carbons (Fsp3) is 0.